The van der Waals surface area contributed by atoms with Gasteiger partial charge in [-0.2, -0.15) is 13.2 Å². The van der Waals surface area contributed by atoms with Crippen LogP contribution in [0, 0.1) is 0 Å². The highest BCUT2D eigenvalue weighted by atomic mass is 35.5. The lowest BCUT2D eigenvalue weighted by Crippen LogP contribution is -3.00. The molecule has 0 saturated carbocycles. The van der Waals surface area contributed by atoms with E-state index in [9.17, 15) is 13.2 Å². The molecule has 1 heterocycles. The van der Waals surface area contributed by atoms with Crippen LogP contribution in [-0.4, -0.2) is 0 Å². The number of alkyl halides is 3. The molecule has 0 aliphatic heterocycles. The van der Waals surface area contributed by atoms with Gasteiger partial charge in [0, 0.05) is 27.3 Å². The molecule has 0 nitrogen and oxygen atoms in total. The zero-order valence-electron chi connectivity index (χ0n) is 12.3. The van der Waals surface area contributed by atoms with Crippen molar-refractivity contribution < 1.29 is 25.6 Å². The minimum Gasteiger partial charge on any atom is -1.00 e. The lowest BCUT2D eigenvalue weighted by Gasteiger charge is -2.05. The molecule has 0 N–H and O–H groups in total. The van der Waals surface area contributed by atoms with Crippen molar-refractivity contribution in [2.24, 2.45) is 0 Å². The number of rotatable bonds is 1. The van der Waals surface area contributed by atoms with E-state index in [1.807, 2.05) is 48.5 Å². The van der Waals surface area contributed by atoms with Crippen LogP contribution in [0.1, 0.15) is 5.56 Å². The number of hydrogen-bond donors (Lipinski definition) is 0. The standard InChI is InChI=1S/C19H12F3S.ClH/c20-19(21,22)13-6-5-7-14(12-13)23-17-10-3-1-8-15(17)16-9-2-4-11-18(16)23;/h1-12H;1H/q+1;/p-1. The summed E-state index contributed by atoms with van der Waals surface area (Å²) < 4.78 is 41.3. The maximum Gasteiger partial charge on any atom is 0.416 e. The first-order chi connectivity index (χ1) is 11.1. The molecule has 122 valence electrons. The number of thiophene rings is 1. The highest BCUT2D eigenvalue weighted by molar-refractivity contribution is 7.50. The molecular formula is C19H12ClF3S. The molecule has 4 rings (SSSR count). The van der Waals surface area contributed by atoms with Crippen molar-refractivity contribution in [2.75, 3.05) is 0 Å². The predicted octanol–water partition coefficient (Wildman–Crippen LogP) is 3.75. The topological polar surface area (TPSA) is 0 Å². The molecule has 0 atom stereocenters. The quantitative estimate of drug-likeness (QED) is 0.451. The van der Waals surface area contributed by atoms with E-state index < -0.39 is 22.2 Å². The van der Waals surface area contributed by atoms with E-state index in [4.69, 9.17) is 0 Å². The Morgan fingerprint density at radius 1 is 0.667 bits per heavy atom. The zero-order valence-corrected chi connectivity index (χ0v) is 13.9. The van der Waals surface area contributed by atoms with Crippen molar-refractivity contribution in [3.05, 3.63) is 78.4 Å². The van der Waals surface area contributed by atoms with E-state index in [1.165, 1.54) is 12.1 Å². The molecule has 0 unspecified atom stereocenters. The summed E-state index contributed by atoms with van der Waals surface area (Å²) in [4.78, 5) is 0.706. The van der Waals surface area contributed by atoms with Crippen LogP contribution in [0.4, 0.5) is 13.2 Å². The average Bonchev–Trinajstić information content (AvgIpc) is 2.89. The Labute approximate surface area is 145 Å². The van der Waals surface area contributed by atoms with Crippen molar-refractivity contribution >= 4 is 30.6 Å². The van der Waals surface area contributed by atoms with Gasteiger partial charge in [0.1, 0.15) is 0 Å². The van der Waals surface area contributed by atoms with Crippen LogP contribution in [0.15, 0.2) is 72.8 Å². The van der Waals surface area contributed by atoms with Gasteiger partial charge in [0.05, 0.1) is 5.56 Å². The van der Waals surface area contributed by atoms with Gasteiger partial charge in [-0.1, -0.05) is 30.3 Å². The van der Waals surface area contributed by atoms with Gasteiger partial charge in [0.15, 0.2) is 14.3 Å². The molecule has 0 aliphatic carbocycles. The largest absolute Gasteiger partial charge is 1.00 e. The summed E-state index contributed by atoms with van der Waals surface area (Å²) in [6.45, 7) is 0. The first kappa shape index (κ1) is 16.8. The van der Waals surface area contributed by atoms with Crippen LogP contribution in [-0.2, 0) is 6.18 Å². The molecular weight excluding hydrogens is 353 g/mol. The van der Waals surface area contributed by atoms with Gasteiger partial charge in [-0.25, -0.2) is 0 Å². The number of fused-ring (bicyclic) bond motifs is 3. The molecule has 0 saturated heterocycles. The van der Waals surface area contributed by atoms with E-state index in [-0.39, 0.29) is 12.4 Å². The van der Waals surface area contributed by atoms with E-state index in [1.54, 1.807) is 6.07 Å². The Bertz CT molecular complexity index is 965. The highest BCUT2D eigenvalue weighted by Gasteiger charge is 2.32. The summed E-state index contributed by atoms with van der Waals surface area (Å²) in [7, 11) is -0.486. The second kappa shape index (κ2) is 6.11. The van der Waals surface area contributed by atoms with Crippen molar-refractivity contribution in [3.8, 4) is 4.90 Å². The first-order valence-corrected chi connectivity index (χ1v) is 8.38. The van der Waals surface area contributed by atoms with Crippen molar-refractivity contribution in [3.63, 3.8) is 0 Å². The van der Waals surface area contributed by atoms with Crippen molar-refractivity contribution in [1.82, 2.24) is 0 Å². The summed E-state index contributed by atoms with van der Waals surface area (Å²) >= 11 is 0. The van der Waals surface area contributed by atoms with Gasteiger partial charge in [-0.3, -0.25) is 0 Å². The fourth-order valence-corrected chi connectivity index (χ4v) is 5.34. The summed E-state index contributed by atoms with van der Waals surface area (Å²) in [5, 5.41) is 2.23. The maximum atomic E-state index is 13.0. The minimum atomic E-state index is -4.32. The summed E-state index contributed by atoms with van der Waals surface area (Å²) in [6, 6.07) is 21.6. The molecule has 0 bridgehead atoms. The van der Waals surface area contributed by atoms with Crippen LogP contribution in [0.2, 0.25) is 0 Å². The number of halogens is 4. The van der Waals surface area contributed by atoms with Crippen molar-refractivity contribution in [1.29, 1.82) is 0 Å². The second-order valence-corrected chi connectivity index (χ2v) is 7.29. The van der Waals surface area contributed by atoms with Gasteiger partial charge in [0.2, 0.25) is 0 Å². The number of hydrogen-bond acceptors (Lipinski definition) is 0. The molecule has 5 heteroatoms. The van der Waals surface area contributed by atoms with Crippen LogP contribution >= 0.6 is 10.5 Å². The third-order valence-electron chi connectivity index (χ3n) is 3.90. The zero-order chi connectivity index (χ0) is 16.0. The van der Waals surface area contributed by atoms with E-state index in [2.05, 4.69) is 0 Å². The van der Waals surface area contributed by atoms with E-state index >= 15 is 0 Å². The van der Waals surface area contributed by atoms with Gasteiger partial charge in [0.25, 0.3) is 0 Å². The van der Waals surface area contributed by atoms with Crippen LogP contribution in [0.25, 0.3) is 25.1 Å². The molecule has 24 heavy (non-hydrogen) atoms. The molecule has 0 spiro atoms. The van der Waals surface area contributed by atoms with Crippen LogP contribution in [0.3, 0.4) is 0 Å². The molecule has 0 aliphatic rings. The Hall–Kier alpha value is -2.04. The third-order valence-corrected chi connectivity index (χ3v) is 6.22. The molecule has 3 aromatic carbocycles. The average molecular weight is 365 g/mol. The first-order valence-electron chi connectivity index (χ1n) is 7.16. The van der Waals surface area contributed by atoms with Crippen LogP contribution in [0.5, 0.6) is 0 Å². The van der Waals surface area contributed by atoms with Gasteiger partial charge in [-0.05, 0) is 36.4 Å². The number of benzene rings is 3. The smallest absolute Gasteiger partial charge is 0.416 e. The highest BCUT2D eigenvalue weighted by Crippen LogP contribution is 2.48. The van der Waals surface area contributed by atoms with Crippen LogP contribution < -0.4 is 12.4 Å². The molecule has 0 amide bonds. The maximum absolute atomic E-state index is 13.0. The van der Waals surface area contributed by atoms with E-state index in [0.717, 1.165) is 26.2 Å². The Morgan fingerprint density at radius 3 is 1.75 bits per heavy atom. The summed E-state index contributed by atoms with van der Waals surface area (Å²) in [5.74, 6) is 0. The molecule has 0 fully saturated rings. The minimum absolute atomic E-state index is 0. The van der Waals surface area contributed by atoms with Gasteiger partial charge >= 0.3 is 6.18 Å². The lowest BCUT2D eigenvalue weighted by atomic mass is 10.2. The fraction of sp³-hybridized carbons (Fsp3) is 0.0526. The Morgan fingerprint density at radius 2 is 1.21 bits per heavy atom. The molecule has 0 radical (unpaired) electrons. The second-order valence-electron chi connectivity index (χ2n) is 5.32. The normalized spacial score (nSPS) is 11.6. The van der Waals surface area contributed by atoms with Gasteiger partial charge in [-0.15, -0.1) is 0 Å². The fourth-order valence-electron chi connectivity index (χ4n) is 2.91. The SMILES string of the molecule is FC(F)(F)c1cccc(-[s+]2c3ccccc3c3ccccc32)c1.[Cl-]. The Kier molecular flexibility index (Phi) is 4.28. The predicted molar refractivity (Wildman–Crippen MR) is 90.3 cm³/mol. The lowest BCUT2D eigenvalue weighted by molar-refractivity contribution is -0.137. The van der Waals surface area contributed by atoms with E-state index in [0.29, 0.717) is 4.90 Å². The van der Waals surface area contributed by atoms with Gasteiger partial charge < -0.3 is 12.4 Å². The molecule has 1 aromatic heterocycles. The monoisotopic (exact) mass is 364 g/mol. The summed E-state index contributed by atoms with van der Waals surface area (Å²) in [5.41, 5.74) is -0.593. The van der Waals surface area contributed by atoms with Crippen molar-refractivity contribution in [2.45, 2.75) is 6.18 Å². The Balaban J connectivity index is 0.00000169. The molecule has 4 aromatic rings. The third kappa shape index (κ3) is 2.66. The summed E-state index contributed by atoms with van der Waals surface area (Å²) in [6.07, 6.45) is -4.32.